The molecule has 3 aromatic rings. The predicted octanol–water partition coefficient (Wildman–Crippen LogP) is 6.88. The highest BCUT2D eigenvalue weighted by molar-refractivity contribution is 6.36. The molecular formula is C23H19Cl3FN3O. The average Bonchev–Trinajstić information content (AvgIpc) is 2.76. The van der Waals surface area contributed by atoms with Crippen LogP contribution in [0.25, 0.3) is 0 Å². The smallest absolute Gasteiger partial charge is 0.321 e. The molecule has 1 fully saturated rings. The van der Waals surface area contributed by atoms with Gasteiger partial charge >= 0.3 is 6.03 Å². The van der Waals surface area contributed by atoms with Crippen LogP contribution in [0.2, 0.25) is 15.1 Å². The Morgan fingerprint density at radius 1 is 0.903 bits per heavy atom. The molecule has 4 rings (SSSR count). The van der Waals surface area contributed by atoms with E-state index in [9.17, 15) is 9.18 Å². The van der Waals surface area contributed by atoms with Gasteiger partial charge in [0, 0.05) is 35.4 Å². The number of piperazine rings is 1. The third-order valence-corrected chi connectivity index (χ3v) is 6.03. The lowest BCUT2D eigenvalue weighted by molar-refractivity contribution is 0.198. The molecule has 0 aromatic heterocycles. The molecule has 4 nitrogen and oxygen atoms in total. The van der Waals surface area contributed by atoms with Crippen LogP contribution in [-0.2, 0) is 0 Å². The van der Waals surface area contributed by atoms with Crippen LogP contribution in [0.3, 0.4) is 0 Å². The lowest BCUT2D eigenvalue weighted by atomic mass is 10.0. The molecule has 1 aliphatic rings. The molecule has 1 atom stereocenters. The fourth-order valence-corrected chi connectivity index (χ4v) is 4.32. The van der Waals surface area contributed by atoms with Crippen molar-refractivity contribution in [3.63, 3.8) is 0 Å². The molecule has 1 aliphatic heterocycles. The van der Waals surface area contributed by atoms with E-state index in [2.05, 4.69) is 10.2 Å². The van der Waals surface area contributed by atoms with Crippen LogP contribution in [-0.4, -0.2) is 30.6 Å². The minimum Gasteiger partial charge on any atom is -0.360 e. The first kappa shape index (κ1) is 21.8. The molecule has 2 amide bonds. The number of amides is 2. The van der Waals surface area contributed by atoms with Crippen LogP contribution < -0.4 is 10.2 Å². The maximum Gasteiger partial charge on any atom is 0.321 e. The third kappa shape index (κ3) is 5.06. The molecule has 31 heavy (non-hydrogen) atoms. The van der Waals surface area contributed by atoms with Crippen LogP contribution in [0.5, 0.6) is 0 Å². The Morgan fingerprint density at radius 3 is 2.26 bits per heavy atom. The number of anilines is 2. The predicted molar refractivity (Wildman–Crippen MR) is 125 cm³/mol. The minimum absolute atomic E-state index is 0.136. The molecule has 3 aromatic carbocycles. The van der Waals surface area contributed by atoms with E-state index in [0.29, 0.717) is 40.4 Å². The summed E-state index contributed by atoms with van der Waals surface area (Å²) >= 11 is 18.6. The maximum absolute atomic E-state index is 13.2. The zero-order chi connectivity index (χ0) is 22.0. The second kappa shape index (κ2) is 9.35. The van der Waals surface area contributed by atoms with Gasteiger partial charge in [-0.05, 0) is 60.2 Å². The number of carbonyl (C=O) groups excluding carboxylic acids is 1. The summed E-state index contributed by atoms with van der Waals surface area (Å²) in [6, 6.07) is 18.3. The van der Waals surface area contributed by atoms with Crippen LogP contribution in [0, 0.1) is 5.82 Å². The Kier molecular flexibility index (Phi) is 6.56. The molecule has 0 aliphatic carbocycles. The summed E-state index contributed by atoms with van der Waals surface area (Å²) in [6.07, 6.45) is 0. The van der Waals surface area contributed by atoms with Crippen molar-refractivity contribution >= 4 is 52.2 Å². The zero-order valence-corrected chi connectivity index (χ0v) is 18.6. The molecule has 0 bridgehead atoms. The van der Waals surface area contributed by atoms with Gasteiger partial charge in [0.1, 0.15) is 5.82 Å². The van der Waals surface area contributed by atoms with E-state index in [-0.39, 0.29) is 17.9 Å². The summed E-state index contributed by atoms with van der Waals surface area (Å²) < 4.78 is 13.2. The average molecular weight is 479 g/mol. The van der Waals surface area contributed by atoms with Crippen molar-refractivity contribution in [1.82, 2.24) is 4.90 Å². The monoisotopic (exact) mass is 477 g/mol. The van der Waals surface area contributed by atoms with Crippen molar-refractivity contribution in [2.24, 2.45) is 0 Å². The van der Waals surface area contributed by atoms with E-state index in [1.807, 2.05) is 30.3 Å². The number of rotatable bonds is 3. The Labute approximate surface area is 195 Å². The highest BCUT2D eigenvalue weighted by Crippen LogP contribution is 2.37. The molecule has 160 valence electrons. The molecule has 0 saturated carbocycles. The number of hydrogen-bond donors (Lipinski definition) is 1. The summed E-state index contributed by atoms with van der Waals surface area (Å²) in [5, 5.41) is 4.59. The quantitative estimate of drug-likeness (QED) is 0.445. The van der Waals surface area contributed by atoms with Gasteiger partial charge in [0.25, 0.3) is 0 Å². The van der Waals surface area contributed by atoms with Crippen molar-refractivity contribution in [2.75, 3.05) is 29.9 Å². The van der Waals surface area contributed by atoms with Crippen LogP contribution in [0.4, 0.5) is 20.6 Å². The molecular weight excluding hydrogens is 460 g/mol. The summed E-state index contributed by atoms with van der Waals surface area (Å²) in [6.45, 7) is 1.51. The zero-order valence-electron chi connectivity index (χ0n) is 16.4. The van der Waals surface area contributed by atoms with Gasteiger partial charge in [-0.25, -0.2) is 9.18 Å². The first-order valence-electron chi connectivity index (χ1n) is 9.69. The van der Waals surface area contributed by atoms with Crippen LogP contribution in [0.15, 0.2) is 66.7 Å². The fourth-order valence-electron chi connectivity index (χ4n) is 3.68. The van der Waals surface area contributed by atoms with E-state index in [0.717, 1.165) is 11.3 Å². The van der Waals surface area contributed by atoms with Gasteiger partial charge in [-0.1, -0.05) is 46.9 Å². The third-order valence-electron chi connectivity index (χ3n) is 5.24. The van der Waals surface area contributed by atoms with Crippen molar-refractivity contribution in [2.45, 2.75) is 6.04 Å². The normalized spacial score (nSPS) is 16.3. The Balaban J connectivity index is 1.59. The Bertz CT molecular complexity index is 1080. The standard InChI is InChI=1S/C23H19Cl3FN3O/c24-16-3-1-15(2-4-16)22-14-29(23(31)28-19-8-6-18(27)7-9-19)11-12-30(22)21-10-5-17(25)13-20(21)26/h1-10,13,22H,11-12,14H2,(H,28,31). The molecule has 1 heterocycles. The van der Waals surface area contributed by atoms with Gasteiger partial charge in [-0.3, -0.25) is 0 Å². The number of carbonyl (C=O) groups is 1. The highest BCUT2D eigenvalue weighted by atomic mass is 35.5. The maximum atomic E-state index is 13.2. The Hall–Kier alpha value is -2.47. The number of hydrogen-bond acceptors (Lipinski definition) is 2. The van der Waals surface area contributed by atoms with E-state index >= 15 is 0 Å². The minimum atomic E-state index is -0.353. The van der Waals surface area contributed by atoms with E-state index in [1.54, 1.807) is 17.0 Å². The number of urea groups is 1. The van der Waals surface area contributed by atoms with Gasteiger partial charge in [-0.15, -0.1) is 0 Å². The van der Waals surface area contributed by atoms with Gasteiger partial charge in [0.05, 0.1) is 16.8 Å². The molecule has 1 N–H and O–H groups in total. The molecule has 0 radical (unpaired) electrons. The lowest BCUT2D eigenvalue weighted by Crippen LogP contribution is -2.51. The van der Waals surface area contributed by atoms with Gasteiger partial charge < -0.3 is 15.1 Å². The van der Waals surface area contributed by atoms with Crippen molar-refractivity contribution in [3.8, 4) is 0 Å². The van der Waals surface area contributed by atoms with E-state index in [4.69, 9.17) is 34.8 Å². The van der Waals surface area contributed by atoms with Crippen molar-refractivity contribution in [1.29, 1.82) is 0 Å². The second-order valence-corrected chi connectivity index (χ2v) is 8.52. The van der Waals surface area contributed by atoms with E-state index < -0.39 is 0 Å². The van der Waals surface area contributed by atoms with Crippen molar-refractivity contribution in [3.05, 3.63) is 93.2 Å². The number of nitrogens with zero attached hydrogens (tertiary/aromatic N) is 2. The highest BCUT2D eigenvalue weighted by Gasteiger charge is 2.32. The van der Waals surface area contributed by atoms with Crippen LogP contribution >= 0.6 is 34.8 Å². The molecule has 8 heteroatoms. The number of halogens is 4. The SMILES string of the molecule is O=C(Nc1ccc(F)cc1)N1CCN(c2ccc(Cl)cc2Cl)C(c2ccc(Cl)cc2)C1. The second-order valence-electron chi connectivity index (χ2n) is 7.24. The first-order chi connectivity index (χ1) is 14.9. The summed E-state index contributed by atoms with van der Waals surface area (Å²) in [5.41, 5.74) is 2.40. The molecule has 1 unspecified atom stereocenters. The number of benzene rings is 3. The van der Waals surface area contributed by atoms with Gasteiger partial charge in [0.2, 0.25) is 0 Å². The summed E-state index contributed by atoms with van der Waals surface area (Å²) in [4.78, 5) is 16.8. The van der Waals surface area contributed by atoms with Gasteiger partial charge in [-0.2, -0.15) is 0 Å². The summed E-state index contributed by atoms with van der Waals surface area (Å²) in [5.74, 6) is -0.353. The largest absolute Gasteiger partial charge is 0.360 e. The number of nitrogens with one attached hydrogen (secondary N) is 1. The lowest BCUT2D eigenvalue weighted by Gasteiger charge is -2.43. The molecule has 0 spiro atoms. The van der Waals surface area contributed by atoms with Crippen molar-refractivity contribution < 1.29 is 9.18 Å². The fraction of sp³-hybridized carbons (Fsp3) is 0.174. The Morgan fingerprint density at radius 2 is 1.58 bits per heavy atom. The molecule has 1 saturated heterocycles. The van der Waals surface area contributed by atoms with Crippen LogP contribution in [0.1, 0.15) is 11.6 Å². The topological polar surface area (TPSA) is 35.6 Å². The first-order valence-corrected chi connectivity index (χ1v) is 10.8. The van der Waals surface area contributed by atoms with E-state index in [1.165, 1.54) is 24.3 Å². The van der Waals surface area contributed by atoms with Gasteiger partial charge in [0.15, 0.2) is 0 Å². The summed E-state index contributed by atoms with van der Waals surface area (Å²) in [7, 11) is 0.